The standard InChI is InChI=1S/C12H16ClNO2/c1-3-4-5-10(14)8-6-9(13)12(15)11(7-8)16-2/h3,6-7,10,15H,1,4-5,14H2,2H3/t10-/m0/s1. The molecule has 0 unspecified atom stereocenters. The summed E-state index contributed by atoms with van der Waals surface area (Å²) in [6.07, 6.45) is 3.44. The van der Waals surface area contributed by atoms with Crippen molar-refractivity contribution in [2.45, 2.75) is 18.9 Å². The van der Waals surface area contributed by atoms with E-state index in [1.54, 1.807) is 12.1 Å². The van der Waals surface area contributed by atoms with Gasteiger partial charge in [0.15, 0.2) is 11.5 Å². The summed E-state index contributed by atoms with van der Waals surface area (Å²) in [6, 6.07) is 3.23. The molecule has 0 aromatic heterocycles. The highest BCUT2D eigenvalue weighted by molar-refractivity contribution is 6.32. The van der Waals surface area contributed by atoms with Crippen molar-refractivity contribution in [1.82, 2.24) is 0 Å². The van der Waals surface area contributed by atoms with Crippen molar-refractivity contribution in [2.75, 3.05) is 7.11 Å². The van der Waals surface area contributed by atoms with Gasteiger partial charge in [0.05, 0.1) is 12.1 Å². The van der Waals surface area contributed by atoms with Gasteiger partial charge >= 0.3 is 0 Å². The Kier molecular flexibility index (Phi) is 4.65. The molecule has 0 saturated carbocycles. The van der Waals surface area contributed by atoms with Gasteiger partial charge in [-0.05, 0) is 30.5 Å². The molecule has 0 radical (unpaired) electrons. The molecule has 0 heterocycles. The van der Waals surface area contributed by atoms with E-state index in [-0.39, 0.29) is 16.8 Å². The lowest BCUT2D eigenvalue weighted by Gasteiger charge is -2.14. The summed E-state index contributed by atoms with van der Waals surface area (Å²) in [6.45, 7) is 3.65. The Morgan fingerprint density at radius 2 is 2.31 bits per heavy atom. The lowest BCUT2D eigenvalue weighted by atomic mass is 10.0. The van der Waals surface area contributed by atoms with Crippen molar-refractivity contribution >= 4 is 11.6 Å². The average molecular weight is 242 g/mol. The van der Waals surface area contributed by atoms with Crippen LogP contribution in [0.15, 0.2) is 24.8 Å². The second kappa shape index (κ2) is 5.77. The molecule has 0 fully saturated rings. The van der Waals surface area contributed by atoms with Crippen LogP contribution in [0.4, 0.5) is 0 Å². The lowest BCUT2D eigenvalue weighted by molar-refractivity contribution is 0.372. The third kappa shape index (κ3) is 2.90. The minimum atomic E-state index is -0.134. The van der Waals surface area contributed by atoms with Gasteiger partial charge in [-0.1, -0.05) is 17.7 Å². The monoisotopic (exact) mass is 241 g/mol. The van der Waals surface area contributed by atoms with Crippen LogP contribution in [0.5, 0.6) is 11.5 Å². The molecule has 0 aliphatic carbocycles. The number of halogens is 1. The zero-order valence-electron chi connectivity index (χ0n) is 9.24. The maximum atomic E-state index is 9.57. The molecule has 3 N–H and O–H groups in total. The van der Waals surface area contributed by atoms with Crippen LogP contribution in [-0.2, 0) is 0 Å². The molecule has 0 spiro atoms. The molecule has 0 amide bonds. The van der Waals surface area contributed by atoms with Crippen molar-refractivity contribution in [2.24, 2.45) is 5.73 Å². The Balaban J connectivity index is 2.96. The highest BCUT2D eigenvalue weighted by atomic mass is 35.5. The Labute approximate surface area is 100 Å². The van der Waals surface area contributed by atoms with Crippen LogP contribution in [-0.4, -0.2) is 12.2 Å². The maximum Gasteiger partial charge on any atom is 0.176 e. The van der Waals surface area contributed by atoms with E-state index in [1.807, 2.05) is 6.08 Å². The van der Waals surface area contributed by atoms with Crippen LogP contribution < -0.4 is 10.5 Å². The number of hydrogen-bond acceptors (Lipinski definition) is 3. The molecule has 1 atom stereocenters. The Bertz CT molecular complexity index is 380. The fourth-order valence-corrected chi connectivity index (χ4v) is 1.65. The molecule has 3 nitrogen and oxygen atoms in total. The molecule has 1 aromatic rings. The van der Waals surface area contributed by atoms with Gasteiger partial charge in [-0.25, -0.2) is 0 Å². The average Bonchev–Trinajstić information content (AvgIpc) is 2.29. The quantitative estimate of drug-likeness (QED) is 0.780. The van der Waals surface area contributed by atoms with Crippen LogP contribution >= 0.6 is 11.6 Å². The van der Waals surface area contributed by atoms with Crippen molar-refractivity contribution in [3.63, 3.8) is 0 Å². The highest BCUT2D eigenvalue weighted by Gasteiger charge is 2.12. The Hall–Kier alpha value is -1.19. The van der Waals surface area contributed by atoms with E-state index in [2.05, 4.69) is 6.58 Å². The topological polar surface area (TPSA) is 55.5 Å². The second-order valence-corrected chi connectivity index (χ2v) is 3.93. The van der Waals surface area contributed by atoms with Gasteiger partial charge in [0.1, 0.15) is 0 Å². The minimum Gasteiger partial charge on any atom is -0.503 e. The summed E-state index contributed by atoms with van der Waals surface area (Å²) >= 11 is 5.87. The molecule has 0 saturated heterocycles. The van der Waals surface area contributed by atoms with Crippen LogP contribution in [0, 0.1) is 0 Å². The summed E-state index contributed by atoms with van der Waals surface area (Å²) in [4.78, 5) is 0. The van der Waals surface area contributed by atoms with Gasteiger partial charge in [-0.15, -0.1) is 6.58 Å². The predicted molar refractivity (Wildman–Crippen MR) is 66.0 cm³/mol. The largest absolute Gasteiger partial charge is 0.503 e. The van der Waals surface area contributed by atoms with Gasteiger partial charge in [-0.2, -0.15) is 0 Å². The third-order valence-electron chi connectivity index (χ3n) is 2.38. The molecule has 4 heteroatoms. The molecule has 0 bridgehead atoms. The van der Waals surface area contributed by atoms with Gasteiger partial charge < -0.3 is 15.6 Å². The summed E-state index contributed by atoms with van der Waals surface area (Å²) in [5.74, 6) is 0.292. The summed E-state index contributed by atoms with van der Waals surface area (Å²) in [5.41, 5.74) is 6.83. The number of benzene rings is 1. The van der Waals surface area contributed by atoms with Gasteiger partial charge in [-0.3, -0.25) is 0 Å². The zero-order chi connectivity index (χ0) is 12.1. The van der Waals surface area contributed by atoms with E-state index >= 15 is 0 Å². The SMILES string of the molecule is C=CCC[C@H](N)c1cc(Cl)c(O)c(OC)c1. The van der Waals surface area contributed by atoms with E-state index < -0.39 is 0 Å². The molecule has 0 aliphatic rings. The first-order valence-corrected chi connectivity index (χ1v) is 5.40. The zero-order valence-corrected chi connectivity index (χ0v) is 10.00. The van der Waals surface area contributed by atoms with Crippen LogP contribution in [0.25, 0.3) is 0 Å². The van der Waals surface area contributed by atoms with E-state index in [9.17, 15) is 5.11 Å². The maximum absolute atomic E-state index is 9.57. The van der Waals surface area contributed by atoms with Crippen molar-refractivity contribution in [3.8, 4) is 11.5 Å². The molecule has 1 rings (SSSR count). The van der Waals surface area contributed by atoms with E-state index in [0.29, 0.717) is 5.75 Å². The number of allylic oxidation sites excluding steroid dienone is 1. The van der Waals surface area contributed by atoms with Gasteiger partial charge in [0.2, 0.25) is 0 Å². The number of phenols is 1. The first-order valence-electron chi connectivity index (χ1n) is 5.03. The summed E-state index contributed by atoms with van der Waals surface area (Å²) < 4.78 is 5.01. The van der Waals surface area contributed by atoms with Crippen molar-refractivity contribution < 1.29 is 9.84 Å². The molecule has 88 valence electrons. The summed E-state index contributed by atoms with van der Waals surface area (Å²) in [5, 5.41) is 9.82. The van der Waals surface area contributed by atoms with Crippen LogP contribution in [0.1, 0.15) is 24.4 Å². The number of aromatic hydroxyl groups is 1. The van der Waals surface area contributed by atoms with E-state index in [1.165, 1.54) is 7.11 Å². The molecule has 16 heavy (non-hydrogen) atoms. The molecule has 1 aromatic carbocycles. The third-order valence-corrected chi connectivity index (χ3v) is 2.67. The van der Waals surface area contributed by atoms with Crippen molar-refractivity contribution in [1.29, 1.82) is 0 Å². The van der Waals surface area contributed by atoms with Crippen molar-refractivity contribution in [3.05, 3.63) is 35.4 Å². The summed E-state index contributed by atoms with van der Waals surface area (Å²) in [7, 11) is 1.48. The fraction of sp³-hybridized carbons (Fsp3) is 0.333. The lowest BCUT2D eigenvalue weighted by Crippen LogP contribution is -2.10. The molecular formula is C12H16ClNO2. The highest BCUT2D eigenvalue weighted by Crippen LogP contribution is 2.36. The number of nitrogens with two attached hydrogens (primary N) is 1. The number of hydrogen-bond donors (Lipinski definition) is 2. The second-order valence-electron chi connectivity index (χ2n) is 3.53. The van der Waals surface area contributed by atoms with E-state index in [4.69, 9.17) is 22.1 Å². The van der Waals surface area contributed by atoms with Crippen LogP contribution in [0.3, 0.4) is 0 Å². The minimum absolute atomic E-state index is 0.0520. The molecular weight excluding hydrogens is 226 g/mol. The number of phenolic OH excluding ortho intramolecular Hbond substituents is 1. The fourth-order valence-electron chi connectivity index (χ4n) is 1.43. The first-order chi connectivity index (χ1) is 7.60. The van der Waals surface area contributed by atoms with Crippen LogP contribution in [0.2, 0.25) is 5.02 Å². The first kappa shape index (κ1) is 12.9. The predicted octanol–water partition coefficient (Wildman–Crippen LogP) is 3.02. The molecule has 0 aliphatic heterocycles. The number of rotatable bonds is 5. The van der Waals surface area contributed by atoms with E-state index in [0.717, 1.165) is 18.4 Å². The van der Waals surface area contributed by atoms with Gasteiger partial charge in [0.25, 0.3) is 0 Å². The smallest absolute Gasteiger partial charge is 0.176 e. The Morgan fingerprint density at radius 3 is 2.88 bits per heavy atom. The normalized spacial score (nSPS) is 12.2. The van der Waals surface area contributed by atoms with Gasteiger partial charge in [0, 0.05) is 6.04 Å². The Morgan fingerprint density at radius 1 is 1.62 bits per heavy atom. The number of methoxy groups -OCH3 is 1. The number of ether oxygens (including phenoxy) is 1.